The van der Waals surface area contributed by atoms with Crippen molar-refractivity contribution >= 4 is 28.9 Å². The second-order valence-corrected chi connectivity index (χ2v) is 7.00. The van der Waals surface area contributed by atoms with Gasteiger partial charge in [0.25, 0.3) is 0 Å². The lowest BCUT2D eigenvalue weighted by molar-refractivity contribution is -0.222. The van der Waals surface area contributed by atoms with Gasteiger partial charge in [-0.3, -0.25) is 4.79 Å². The average molecular weight is 430 g/mol. The van der Waals surface area contributed by atoms with Crippen LogP contribution >= 0.6 is 11.6 Å². The van der Waals surface area contributed by atoms with Crippen LogP contribution in [0.5, 0.6) is 0 Å². The molecule has 0 radical (unpaired) electrons. The molecule has 2 aromatic rings. The van der Waals surface area contributed by atoms with Crippen LogP contribution in [0.3, 0.4) is 0 Å². The van der Waals surface area contributed by atoms with Gasteiger partial charge in [-0.25, -0.2) is 0 Å². The van der Waals surface area contributed by atoms with Gasteiger partial charge in [-0.2, -0.15) is 13.2 Å². The summed E-state index contributed by atoms with van der Waals surface area (Å²) in [6, 6.07) is 11.0. The highest BCUT2D eigenvalue weighted by Crippen LogP contribution is 2.41. The van der Waals surface area contributed by atoms with Crippen LogP contribution in [0.2, 0.25) is 5.02 Å². The standard InChI is InChI=1S/C21H23ClF3NO3/c1-3-13(12-19(27)28)14-5-10-17(20(29-4-2)21(23,24)25)18(11-14)26-16-8-6-15(22)7-9-16/h5-11,13,20,26H,3-4,12H2,1-2H3,(H,27,28)/t13?,20-/m1/s1. The predicted molar refractivity (Wildman–Crippen MR) is 107 cm³/mol. The first-order chi connectivity index (χ1) is 13.7. The van der Waals surface area contributed by atoms with Crippen molar-refractivity contribution in [3.8, 4) is 0 Å². The van der Waals surface area contributed by atoms with Crippen LogP contribution in [0, 0.1) is 0 Å². The Hall–Kier alpha value is -2.25. The van der Waals surface area contributed by atoms with Crippen LogP contribution in [0.4, 0.5) is 24.5 Å². The van der Waals surface area contributed by atoms with E-state index < -0.39 is 18.2 Å². The van der Waals surface area contributed by atoms with Gasteiger partial charge in [-0.15, -0.1) is 0 Å². The first-order valence-corrected chi connectivity index (χ1v) is 9.60. The Bertz CT molecular complexity index is 825. The van der Waals surface area contributed by atoms with Crippen molar-refractivity contribution in [1.29, 1.82) is 0 Å². The third-order valence-corrected chi connectivity index (χ3v) is 4.75. The summed E-state index contributed by atoms with van der Waals surface area (Å²) in [4.78, 5) is 11.1. The van der Waals surface area contributed by atoms with Gasteiger partial charge in [0.2, 0.25) is 0 Å². The first-order valence-electron chi connectivity index (χ1n) is 9.22. The highest BCUT2D eigenvalue weighted by Gasteiger charge is 2.43. The molecule has 0 aliphatic carbocycles. The van der Waals surface area contributed by atoms with E-state index in [2.05, 4.69) is 5.32 Å². The van der Waals surface area contributed by atoms with Crippen LogP contribution < -0.4 is 5.32 Å². The Balaban J connectivity index is 2.53. The number of benzene rings is 2. The Morgan fingerprint density at radius 1 is 1.17 bits per heavy atom. The Labute approximate surface area is 172 Å². The van der Waals surface area contributed by atoms with E-state index in [9.17, 15) is 18.0 Å². The lowest BCUT2D eigenvalue weighted by Gasteiger charge is -2.25. The molecule has 1 unspecified atom stereocenters. The molecule has 0 aliphatic rings. The molecule has 158 valence electrons. The SMILES string of the molecule is CCO[C@H](c1ccc(C(CC)CC(=O)O)cc1Nc1ccc(Cl)cc1)C(F)(F)F. The predicted octanol–water partition coefficient (Wildman–Crippen LogP) is 6.69. The van der Waals surface area contributed by atoms with Crippen molar-refractivity contribution in [2.45, 2.75) is 44.9 Å². The van der Waals surface area contributed by atoms with Gasteiger partial charge in [0.05, 0.1) is 6.42 Å². The van der Waals surface area contributed by atoms with Crippen molar-refractivity contribution in [3.05, 3.63) is 58.6 Å². The summed E-state index contributed by atoms with van der Waals surface area (Å²) in [6.45, 7) is 3.23. The van der Waals surface area contributed by atoms with E-state index >= 15 is 0 Å². The fraction of sp³-hybridized carbons (Fsp3) is 0.381. The van der Waals surface area contributed by atoms with Crippen molar-refractivity contribution in [2.24, 2.45) is 0 Å². The average Bonchev–Trinajstić information content (AvgIpc) is 2.65. The van der Waals surface area contributed by atoms with E-state index in [1.54, 1.807) is 30.3 Å². The molecule has 2 N–H and O–H groups in total. The molecular weight excluding hydrogens is 407 g/mol. The minimum Gasteiger partial charge on any atom is -0.481 e. The van der Waals surface area contributed by atoms with Crippen molar-refractivity contribution < 1.29 is 27.8 Å². The fourth-order valence-corrected chi connectivity index (χ4v) is 3.22. The van der Waals surface area contributed by atoms with E-state index in [-0.39, 0.29) is 30.2 Å². The van der Waals surface area contributed by atoms with Crippen LogP contribution in [-0.4, -0.2) is 23.9 Å². The molecule has 0 heterocycles. The summed E-state index contributed by atoms with van der Waals surface area (Å²) in [6.07, 6.45) is -6.26. The van der Waals surface area contributed by atoms with Crippen LogP contribution in [0.15, 0.2) is 42.5 Å². The lowest BCUT2D eigenvalue weighted by Crippen LogP contribution is -2.24. The van der Waals surface area contributed by atoms with E-state index in [0.29, 0.717) is 22.7 Å². The molecule has 0 fully saturated rings. The molecule has 0 aromatic heterocycles. The molecule has 8 heteroatoms. The minimum absolute atomic E-state index is 0.0665. The van der Waals surface area contributed by atoms with Gasteiger partial charge in [0.15, 0.2) is 6.10 Å². The number of carboxylic acid groups (broad SMARTS) is 1. The van der Waals surface area contributed by atoms with E-state index in [1.165, 1.54) is 19.1 Å². The van der Waals surface area contributed by atoms with Gasteiger partial charge in [0, 0.05) is 28.6 Å². The third kappa shape index (κ3) is 6.37. The molecule has 0 amide bonds. The molecule has 2 aromatic carbocycles. The van der Waals surface area contributed by atoms with E-state index in [4.69, 9.17) is 21.4 Å². The topological polar surface area (TPSA) is 58.6 Å². The fourth-order valence-electron chi connectivity index (χ4n) is 3.09. The number of hydrogen-bond acceptors (Lipinski definition) is 3. The number of nitrogens with one attached hydrogen (secondary N) is 1. The zero-order valence-electron chi connectivity index (χ0n) is 16.1. The maximum Gasteiger partial charge on any atom is 0.418 e. The van der Waals surface area contributed by atoms with E-state index in [1.807, 2.05) is 6.92 Å². The molecule has 2 rings (SSSR count). The summed E-state index contributed by atoms with van der Waals surface area (Å²) < 4.78 is 45.8. The summed E-state index contributed by atoms with van der Waals surface area (Å²) in [5, 5.41) is 12.6. The molecule has 0 bridgehead atoms. The number of carbonyl (C=O) groups is 1. The number of carboxylic acids is 1. The monoisotopic (exact) mass is 429 g/mol. The van der Waals surface area contributed by atoms with Gasteiger partial charge >= 0.3 is 12.1 Å². The largest absolute Gasteiger partial charge is 0.481 e. The maximum atomic E-state index is 13.6. The lowest BCUT2D eigenvalue weighted by atomic mass is 9.91. The normalized spacial score (nSPS) is 13.7. The second-order valence-electron chi connectivity index (χ2n) is 6.56. The first kappa shape index (κ1) is 23.0. The van der Waals surface area contributed by atoms with Crippen molar-refractivity contribution in [1.82, 2.24) is 0 Å². The Kier molecular flexibility index (Phi) is 7.93. The number of alkyl halides is 3. The number of hydrogen-bond donors (Lipinski definition) is 2. The van der Waals surface area contributed by atoms with Crippen molar-refractivity contribution in [2.75, 3.05) is 11.9 Å². The highest BCUT2D eigenvalue weighted by atomic mass is 35.5. The van der Waals surface area contributed by atoms with Crippen molar-refractivity contribution in [3.63, 3.8) is 0 Å². The number of rotatable bonds is 9. The number of aliphatic carboxylic acids is 1. The summed E-state index contributed by atoms with van der Waals surface area (Å²) in [5.41, 5.74) is 1.34. The Morgan fingerprint density at radius 3 is 2.34 bits per heavy atom. The quantitative estimate of drug-likeness (QED) is 0.466. The minimum atomic E-state index is -4.60. The summed E-state index contributed by atoms with van der Waals surface area (Å²) >= 11 is 5.88. The van der Waals surface area contributed by atoms with Gasteiger partial charge in [-0.1, -0.05) is 30.7 Å². The molecular formula is C21H23ClF3NO3. The molecule has 0 saturated carbocycles. The van der Waals surface area contributed by atoms with Gasteiger partial charge < -0.3 is 15.2 Å². The molecule has 0 spiro atoms. The van der Waals surface area contributed by atoms with Crippen LogP contribution in [0.25, 0.3) is 0 Å². The smallest absolute Gasteiger partial charge is 0.418 e. The number of ether oxygens (including phenoxy) is 1. The number of anilines is 2. The third-order valence-electron chi connectivity index (χ3n) is 4.50. The van der Waals surface area contributed by atoms with Crippen LogP contribution in [0.1, 0.15) is 49.8 Å². The maximum absolute atomic E-state index is 13.6. The molecule has 4 nitrogen and oxygen atoms in total. The second kappa shape index (κ2) is 9.98. The van der Waals surface area contributed by atoms with Gasteiger partial charge in [-0.05, 0) is 55.2 Å². The summed E-state index contributed by atoms with van der Waals surface area (Å²) in [7, 11) is 0. The van der Waals surface area contributed by atoms with E-state index in [0.717, 1.165) is 0 Å². The highest BCUT2D eigenvalue weighted by molar-refractivity contribution is 6.30. The molecule has 0 saturated heterocycles. The number of halogens is 4. The molecule has 29 heavy (non-hydrogen) atoms. The Morgan fingerprint density at radius 2 is 1.83 bits per heavy atom. The van der Waals surface area contributed by atoms with Crippen LogP contribution in [-0.2, 0) is 9.53 Å². The van der Waals surface area contributed by atoms with Gasteiger partial charge in [0.1, 0.15) is 0 Å². The summed E-state index contributed by atoms with van der Waals surface area (Å²) in [5.74, 6) is -1.28. The zero-order chi connectivity index (χ0) is 21.6. The molecule has 0 aliphatic heterocycles. The zero-order valence-corrected chi connectivity index (χ0v) is 16.8. The molecule has 2 atom stereocenters.